The van der Waals surface area contributed by atoms with E-state index in [1.807, 2.05) is 30.3 Å². The predicted molar refractivity (Wildman–Crippen MR) is 110 cm³/mol. The van der Waals surface area contributed by atoms with Crippen LogP contribution in [0.1, 0.15) is 11.1 Å². The van der Waals surface area contributed by atoms with E-state index in [-0.39, 0.29) is 5.75 Å². The molecule has 0 bridgehead atoms. The van der Waals surface area contributed by atoms with E-state index in [4.69, 9.17) is 14.2 Å². The number of rotatable bonds is 5. The largest absolute Gasteiger partial charge is 0.504 e. The second-order valence-electron chi connectivity index (χ2n) is 7.01. The van der Waals surface area contributed by atoms with Crippen LogP contribution in [0.15, 0.2) is 54.9 Å². The number of aromatic hydroxyl groups is 1. The number of ether oxygens (including phenoxy) is 3. The molecule has 1 aliphatic rings. The standard InChI is InChI=1S/C23H24N2O4/c1-27-20-8-16(9-21(12-20)28-2)14-25-6-7-29-23-19(15-25)10-18(11-22(23)26)17-4-3-5-24-13-17/h3-5,8-13,26H,6-7,14-15H2,1-2H3. The molecular weight excluding hydrogens is 368 g/mol. The summed E-state index contributed by atoms with van der Waals surface area (Å²) in [4.78, 5) is 6.46. The first-order valence-corrected chi connectivity index (χ1v) is 9.49. The minimum atomic E-state index is 0.159. The summed E-state index contributed by atoms with van der Waals surface area (Å²) in [5, 5.41) is 10.5. The third kappa shape index (κ3) is 4.27. The first-order chi connectivity index (χ1) is 14.2. The van der Waals surface area contributed by atoms with Crippen molar-refractivity contribution >= 4 is 0 Å². The quantitative estimate of drug-likeness (QED) is 0.711. The molecule has 0 atom stereocenters. The topological polar surface area (TPSA) is 64.1 Å². The molecule has 0 spiro atoms. The van der Waals surface area contributed by atoms with Crippen LogP contribution in [-0.2, 0) is 13.1 Å². The third-order valence-electron chi connectivity index (χ3n) is 5.01. The normalized spacial score (nSPS) is 13.9. The molecule has 0 aliphatic carbocycles. The Bertz CT molecular complexity index is 969. The molecule has 6 nitrogen and oxygen atoms in total. The van der Waals surface area contributed by atoms with Crippen molar-refractivity contribution in [1.82, 2.24) is 9.88 Å². The van der Waals surface area contributed by atoms with Crippen LogP contribution in [0, 0.1) is 0 Å². The number of phenols is 1. The van der Waals surface area contributed by atoms with E-state index in [2.05, 4.69) is 16.0 Å². The molecular formula is C23H24N2O4. The second-order valence-corrected chi connectivity index (χ2v) is 7.01. The highest BCUT2D eigenvalue weighted by Crippen LogP contribution is 2.37. The Kier molecular flexibility index (Phi) is 5.53. The molecule has 1 aliphatic heterocycles. The number of nitrogens with zero attached hydrogens (tertiary/aromatic N) is 2. The zero-order valence-electron chi connectivity index (χ0n) is 16.6. The molecule has 0 saturated heterocycles. The Morgan fingerprint density at radius 3 is 2.55 bits per heavy atom. The SMILES string of the molecule is COc1cc(CN2CCOc3c(O)cc(-c4cccnc4)cc3C2)cc(OC)c1. The molecule has 1 aromatic heterocycles. The summed E-state index contributed by atoms with van der Waals surface area (Å²) in [7, 11) is 3.30. The van der Waals surface area contributed by atoms with Crippen molar-refractivity contribution < 1.29 is 19.3 Å². The van der Waals surface area contributed by atoms with Gasteiger partial charge in [-0.15, -0.1) is 0 Å². The van der Waals surface area contributed by atoms with Gasteiger partial charge in [0, 0.05) is 49.2 Å². The molecule has 150 valence electrons. The number of fused-ring (bicyclic) bond motifs is 1. The van der Waals surface area contributed by atoms with E-state index < -0.39 is 0 Å². The van der Waals surface area contributed by atoms with Gasteiger partial charge in [-0.2, -0.15) is 0 Å². The number of hydrogen-bond donors (Lipinski definition) is 1. The van der Waals surface area contributed by atoms with Crippen LogP contribution in [-0.4, -0.2) is 42.4 Å². The molecule has 2 aromatic carbocycles. The summed E-state index contributed by atoms with van der Waals surface area (Å²) in [6, 6.07) is 13.6. The first kappa shape index (κ1) is 19.1. The molecule has 2 heterocycles. The highest BCUT2D eigenvalue weighted by atomic mass is 16.5. The molecule has 4 rings (SSSR count). The van der Waals surface area contributed by atoms with Gasteiger partial charge in [0.25, 0.3) is 0 Å². The van der Waals surface area contributed by atoms with Crippen LogP contribution in [0.2, 0.25) is 0 Å². The van der Waals surface area contributed by atoms with Gasteiger partial charge in [-0.25, -0.2) is 0 Å². The lowest BCUT2D eigenvalue weighted by atomic mass is 10.0. The van der Waals surface area contributed by atoms with E-state index in [0.717, 1.165) is 40.3 Å². The van der Waals surface area contributed by atoms with E-state index in [0.29, 0.717) is 25.4 Å². The summed E-state index contributed by atoms with van der Waals surface area (Å²) in [5.74, 6) is 2.25. The van der Waals surface area contributed by atoms with Crippen LogP contribution in [0.4, 0.5) is 0 Å². The van der Waals surface area contributed by atoms with Crippen molar-refractivity contribution in [2.45, 2.75) is 13.1 Å². The van der Waals surface area contributed by atoms with Crippen molar-refractivity contribution in [2.75, 3.05) is 27.4 Å². The molecule has 0 amide bonds. The summed E-state index contributed by atoms with van der Waals surface area (Å²) in [5.41, 5.74) is 3.93. The summed E-state index contributed by atoms with van der Waals surface area (Å²) >= 11 is 0. The highest BCUT2D eigenvalue weighted by molar-refractivity contribution is 5.68. The molecule has 0 saturated carbocycles. The minimum Gasteiger partial charge on any atom is -0.504 e. The van der Waals surface area contributed by atoms with Crippen LogP contribution in [0.3, 0.4) is 0 Å². The molecule has 6 heteroatoms. The lowest BCUT2D eigenvalue weighted by molar-refractivity contribution is 0.217. The van der Waals surface area contributed by atoms with Gasteiger partial charge in [-0.1, -0.05) is 6.07 Å². The third-order valence-corrected chi connectivity index (χ3v) is 5.01. The average molecular weight is 392 g/mol. The van der Waals surface area contributed by atoms with E-state index in [1.54, 1.807) is 32.7 Å². The average Bonchev–Trinajstić information content (AvgIpc) is 2.96. The first-order valence-electron chi connectivity index (χ1n) is 9.49. The van der Waals surface area contributed by atoms with Gasteiger partial charge in [-0.3, -0.25) is 9.88 Å². The van der Waals surface area contributed by atoms with Gasteiger partial charge >= 0.3 is 0 Å². The molecule has 0 unspecified atom stereocenters. The Balaban J connectivity index is 1.62. The zero-order valence-corrected chi connectivity index (χ0v) is 16.6. The van der Waals surface area contributed by atoms with Crippen LogP contribution < -0.4 is 14.2 Å². The number of aromatic nitrogens is 1. The molecule has 3 aromatic rings. The lowest BCUT2D eigenvalue weighted by Crippen LogP contribution is -2.25. The number of methoxy groups -OCH3 is 2. The van der Waals surface area contributed by atoms with Gasteiger partial charge in [0.2, 0.25) is 0 Å². The van der Waals surface area contributed by atoms with Crippen molar-refractivity contribution in [3.63, 3.8) is 0 Å². The van der Waals surface area contributed by atoms with Crippen molar-refractivity contribution in [2.24, 2.45) is 0 Å². The summed E-state index contributed by atoms with van der Waals surface area (Å²) in [6.45, 7) is 2.63. The predicted octanol–water partition coefficient (Wildman–Crippen LogP) is 3.87. The van der Waals surface area contributed by atoms with Gasteiger partial charge in [0.1, 0.15) is 18.1 Å². The van der Waals surface area contributed by atoms with E-state index >= 15 is 0 Å². The summed E-state index contributed by atoms with van der Waals surface area (Å²) in [6.07, 6.45) is 3.53. The van der Waals surface area contributed by atoms with Crippen LogP contribution >= 0.6 is 0 Å². The maximum absolute atomic E-state index is 10.5. The maximum Gasteiger partial charge on any atom is 0.165 e. The van der Waals surface area contributed by atoms with Gasteiger partial charge in [-0.05, 0) is 41.5 Å². The fraction of sp³-hybridized carbons (Fsp3) is 0.261. The number of hydrogen-bond acceptors (Lipinski definition) is 6. The lowest BCUT2D eigenvalue weighted by Gasteiger charge is -2.20. The van der Waals surface area contributed by atoms with Crippen LogP contribution in [0.25, 0.3) is 11.1 Å². The Morgan fingerprint density at radius 2 is 1.86 bits per heavy atom. The van der Waals surface area contributed by atoms with Crippen LogP contribution in [0.5, 0.6) is 23.0 Å². The number of phenolic OH excluding ortho intramolecular Hbond substituents is 1. The Hall–Kier alpha value is -3.25. The van der Waals surface area contributed by atoms with E-state index in [9.17, 15) is 5.11 Å². The van der Waals surface area contributed by atoms with Gasteiger partial charge < -0.3 is 19.3 Å². The van der Waals surface area contributed by atoms with Crippen molar-refractivity contribution in [3.05, 3.63) is 66.0 Å². The molecule has 0 fully saturated rings. The highest BCUT2D eigenvalue weighted by Gasteiger charge is 2.20. The smallest absolute Gasteiger partial charge is 0.165 e. The Morgan fingerprint density at radius 1 is 1.07 bits per heavy atom. The maximum atomic E-state index is 10.5. The van der Waals surface area contributed by atoms with Gasteiger partial charge in [0.15, 0.2) is 11.5 Å². The molecule has 1 N–H and O–H groups in total. The minimum absolute atomic E-state index is 0.159. The monoisotopic (exact) mass is 392 g/mol. The van der Waals surface area contributed by atoms with Crippen molar-refractivity contribution in [1.29, 1.82) is 0 Å². The van der Waals surface area contributed by atoms with Crippen molar-refractivity contribution in [3.8, 4) is 34.1 Å². The van der Waals surface area contributed by atoms with E-state index in [1.165, 1.54) is 0 Å². The van der Waals surface area contributed by atoms with Gasteiger partial charge in [0.05, 0.1) is 14.2 Å². The summed E-state index contributed by atoms with van der Waals surface area (Å²) < 4.78 is 16.6. The fourth-order valence-electron chi connectivity index (χ4n) is 3.60. The molecule has 0 radical (unpaired) electrons. The molecule has 29 heavy (non-hydrogen) atoms. The zero-order chi connectivity index (χ0) is 20.2. The fourth-order valence-corrected chi connectivity index (χ4v) is 3.60. The second kappa shape index (κ2) is 8.41. The number of benzene rings is 2. The number of pyridine rings is 1. The Labute approximate surface area is 170 Å².